The zero-order valence-electron chi connectivity index (χ0n) is 24.5. The van der Waals surface area contributed by atoms with Crippen LogP contribution < -0.4 is 23.8 Å². The molecule has 5 heterocycles. The molecule has 0 unspecified atom stereocenters. The van der Waals surface area contributed by atoms with Crippen LogP contribution in [0.2, 0.25) is 0 Å². The minimum Gasteiger partial charge on any atom is -0.493 e. The average molecular weight is 602 g/mol. The molecule has 4 aliphatic rings. The number of hydrogen-bond donors (Lipinski definition) is 0. The van der Waals surface area contributed by atoms with Crippen LogP contribution in [-0.2, 0) is 6.61 Å². The van der Waals surface area contributed by atoms with E-state index in [1.165, 1.54) is 19.1 Å². The maximum absolute atomic E-state index is 13.4. The van der Waals surface area contributed by atoms with Gasteiger partial charge < -0.3 is 33.6 Å². The van der Waals surface area contributed by atoms with Crippen molar-refractivity contribution in [2.24, 2.45) is 9.98 Å². The molecule has 2 fully saturated rings. The van der Waals surface area contributed by atoms with E-state index in [0.29, 0.717) is 64.2 Å². The van der Waals surface area contributed by atoms with Gasteiger partial charge in [0.1, 0.15) is 18.4 Å². The summed E-state index contributed by atoms with van der Waals surface area (Å²) in [5, 5.41) is 8.25. The van der Waals surface area contributed by atoms with E-state index in [1.807, 2.05) is 11.1 Å². The lowest BCUT2D eigenvalue weighted by molar-refractivity contribution is 0.0173. The van der Waals surface area contributed by atoms with Crippen LogP contribution in [0.5, 0.6) is 23.0 Å². The van der Waals surface area contributed by atoms with Gasteiger partial charge in [0.25, 0.3) is 11.8 Å². The van der Waals surface area contributed by atoms with E-state index < -0.39 is 0 Å². The highest BCUT2D eigenvalue weighted by Crippen LogP contribution is 2.39. The first kappa shape index (κ1) is 27.7. The van der Waals surface area contributed by atoms with Gasteiger partial charge in [-0.15, -0.1) is 5.10 Å². The Labute approximate surface area is 252 Å². The minimum atomic E-state index is -0.331. The fourth-order valence-corrected chi connectivity index (χ4v) is 6.07. The zero-order valence-corrected chi connectivity index (χ0v) is 24.5. The molecular weight excluding hydrogens is 570 g/mol. The number of fused-ring (bicyclic) bond motifs is 4. The van der Waals surface area contributed by atoms with E-state index in [4.69, 9.17) is 23.8 Å². The molecule has 14 nitrogen and oxygen atoms in total. The number of carbonyl (C=O) groups is 2. The zero-order chi connectivity index (χ0) is 30.4. The number of hydrogen-bond acceptors (Lipinski definition) is 11. The number of ether oxygens (including phenoxy) is 4. The van der Waals surface area contributed by atoms with Crippen molar-refractivity contribution in [3.8, 4) is 23.0 Å². The lowest BCUT2D eigenvalue weighted by atomic mass is 10.1. The van der Waals surface area contributed by atoms with E-state index in [1.54, 1.807) is 48.7 Å². The number of methoxy groups -OCH3 is 3. The normalized spacial score (nSPS) is 21.7. The smallest absolute Gasteiger partial charge is 0.256 e. The molecular formula is C30H31N7O7. The molecule has 7 rings (SSSR count). The molecule has 1 aromatic heterocycles. The Kier molecular flexibility index (Phi) is 7.03. The van der Waals surface area contributed by atoms with E-state index in [9.17, 15) is 9.59 Å². The minimum absolute atomic E-state index is 0.0131. The maximum atomic E-state index is 13.4. The number of amides is 2. The van der Waals surface area contributed by atoms with Gasteiger partial charge in [-0.05, 0) is 30.2 Å². The van der Waals surface area contributed by atoms with E-state index in [-0.39, 0.29) is 36.6 Å². The van der Waals surface area contributed by atoms with Gasteiger partial charge in [0.2, 0.25) is 0 Å². The molecule has 44 heavy (non-hydrogen) atoms. The molecule has 228 valence electrons. The summed E-state index contributed by atoms with van der Waals surface area (Å²) >= 11 is 0. The summed E-state index contributed by atoms with van der Waals surface area (Å²) in [6.07, 6.45) is 7.29. The lowest BCUT2D eigenvalue weighted by Crippen LogP contribution is -2.36. The number of carbonyl (C=O) groups excluding carboxylic acids is 2. The third kappa shape index (κ3) is 4.85. The van der Waals surface area contributed by atoms with Crippen LogP contribution in [0, 0.1) is 0 Å². The fourth-order valence-electron chi connectivity index (χ4n) is 6.07. The third-order valence-corrected chi connectivity index (χ3v) is 8.30. The Hall–Kier alpha value is -5.14. The summed E-state index contributed by atoms with van der Waals surface area (Å²) in [7, 11) is 4.60. The van der Waals surface area contributed by atoms with Gasteiger partial charge in [-0.25, -0.2) is 0 Å². The van der Waals surface area contributed by atoms with Crippen molar-refractivity contribution in [3.63, 3.8) is 0 Å². The van der Waals surface area contributed by atoms with E-state index in [0.717, 1.165) is 19.4 Å². The number of rotatable bonds is 8. The Morgan fingerprint density at radius 1 is 0.818 bits per heavy atom. The average Bonchev–Trinajstić information content (AvgIpc) is 3.77. The van der Waals surface area contributed by atoms with Crippen LogP contribution in [0.25, 0.3) is 0 Å². The second kappa shape index (κ2) is 11.2. The number of benzene rings is 2. The summed E-state index contributed by atoms with van der Waals surface area (Å²) in [5.41, 5.74) is 2.51. The number of aromatic nitrogens is 3. The van der Waals surface area contributed by atoms with Crippen molar-refractivity contribution in [2.45, 2.75) is 44.1 Å². The number of nitrogens with zero attached hydrogens (tertiary/aromatic N) is 7. The summed E-state index contributed by atoms with van der Waals surface area (Å²) in [6.45, 7) is 1.14. The third-order valence-electron chi connectivity index (χ3n) is 8.30. The monoisotopic (exact) mass is 601 g/mol. The first-order valence-corrected chi connectivity index (χ1v) is 14.3. The molecule has 0 bridgehead atoms. The Morgan fingerprint density at radius 3 is 2.18 bits per heavy atom. The van der Waals surface area contributed by atoms with Crippen molar-refractivity contribution in [1.29, 1.82) is 0 Å². The van der Waals surface area contributed by atoms with E-state index >= 15 is 0 Å². The Bertz CT molecular complexity index is 1690. The van der Waals surface area contributed by atoms with Crippen LogP contribution >= 0.6 is 0 Å². The topological polar surface area (TPSA) is 142 Å². The summed E-state index contributed by atoms with van der Waals surface area (Å²) in [5.74, 6) is 1.61. The first-order valence-electron chi connectivity index (χ1n) is 14.3. The Morgan fingerprint density at radius 2 is 1.45 bits per heavy atom. The van der Waals surface area contributed by atoms with Gasteiger partial charge in [-0.3, -0.25) is 19.6 Å². The van der Waals surface area contributed by atoms with Crippen molar-refractivity contribution in [1.82, 2.24) is 25.0 Å². The highest BCUT2D eigenvalue weighted by Gasteiger charge is 2.39. The first-order chi connectivity index (χ1) is 21.4. The molecule has 4 aliphatic heterocycles. The molecule has 3 atom stereocenters. The fraction of sp³-hybridized carbons (Fsp3) is 0.400. The van der Waals surface area contributed by atoms with Crippen molar-refractivity contribution >= 4 is 35.6 Å². The molecule has 2 aromatic carbocycles. The van der Waals surface area contributed by atoms with Gasteiger partial charge in [0, 0.05) is 37.5 Å². The van der Waals surface area contributed by atoms with Gasteiger partial charge >= 0.3 is 0 Å². The van der Waals surface area contributed by atoms with Crippen LogP contribution in [0.4, 0.5) is 11.4 Å². The predicted octanol–water partition coefficient (Wildman–Crippen LogP) is 2.63. The van der Waals surface area contributed by atoms with Crippen LogP contribution in [0.3, 0.4) is 0 Å². The highest BCUT2D eigenvalue weighted by molar-refractivity contribution is 6.04. The number of aliphatic imine (C=N–C) groups is 2. The summed E-state index contributed by atoms with van der Waals surface area (Å²) in [4.78, 5) is 46.6. The molecule has 0 spiro atoms. The van der Waals surface area contributed by atoms with Crippen LogP contribution in [0.1, 0.15) is 45.7 Å². The molecule has 3 aromatic rings. The standard InChI is InChI=1S/C30H31N7O7/c1-40-25-8-22-23(10-27(25)42-3)32-13-19-7-20(15-36(19)30(22)39)44-37-14-17(33-34-37)16-43-28-11-24-21(9-26(28)41-2)29(38)35-6-4-5-18(35)12-31-24/h8-14,18-20H,4-7,15-16H2,1-3H3/t18-,19-,20-/m0/s1. The van der Waals surface area contributed by atoms with Gasteiger partial charge in [0.05, 0.1) is 68.7 Å². The van der Waals surface area contributed by atoms with Crippen molar-refractivity contribution in [2.75, 3.05) is 34.4 Å². The maximum Gasteiger partial charge on any atom is 0.256 e. The molecule has 2 saturated heterocycles. The summed E-state index contributed by atoms with van der Waals surface area (Å²) in [6, 6.07) is 6.52. The second-order valence-corrected chi connectivity index (χ2v) is 10.9. The predicted molar refractivity (Wildman–Crippen MR) is 157 cm³/mol. The summed E-state index contributed by atoms with van der Waals surface area (Å²) < 4.78 is 22.3. The van der Waals surface area contributed by atoms with Crippen molar-refractivity contribution < 1.29 is 33.4 Å². The lowest BCUT2D eigenvalue weighted by Gasteiger charge is -2.20. The SMILES string of the molecule is COc1cc2c(cc1OC)C(=O)N1C[C@@H](On3cc(COc4cc5c(cc4OC)C(=O)N4CCC[C@H]4C=N5)nn3)C[C@H]1C=N2. The van der Waals surface area contributed by atoms with Crippen LogP contribution in [0.15, 0.2) is 40.4 Å². The quantitative estimate of drug-likeness (QED) is 0.381. The molecule has 0 saturated carbocycles. The molecule has 0 radical (unpaired) electrons. The van der Waals surface area contributed by atoms with Crippen molar-refractivity contribution in [3.05, 3.63) is 47.3 Å². The molecule has 0 aliphatic carbocycles. The second-order valence-electron chi connectivity index (χ2n) is 10.9. The van der Waals surface area contributed by atoms with Crippen LogP contribution in [-0.4, -0.2) is 102 Å². The molecule has 14 heteroatoms. The van der Waals surface area contributed by atoms with Gasteiger partial charge in [-0.1, -0.05) is 4.85 Å². The van der Waals surface area contributed by atoms with Gasteiger partial charge in [-0.2, -0.15) is 0 Å². The van der Waals surface area contributed by atoms with Gasteiger partial charge in [0.15, 0.2) is 23.0 Å². The largest absolute Gasteiger partial charge is 0.493 e. The molecule has 0 N–H and O–H groups in total. The highest BCUT2D eigenvalue weighted by atomic mass is 16.7. The van der Waals surface area contributed by atoms with E-state index in [2.05, 4.69) is 20.3 Å². The molecule has 2 amide bonds. The Balaban J connectivity index is 1.01.